The van der Waals surface area contributed by atoms with Crippen LogP contribution in [0, 0.1) is 5.82 Å². The third-order valence-electron chi connectivity index (χ3n) is 4.45. The number of benzene rings is 1. The molecule has 0 bridgehead atoms. The number of amides is 1. The molecule has 2 aromatic heterocycles. The minimum absolute atomic E-state index is 0.0489. The maximum absolute atomic E-state index is 13.3. The highest BCUT2D eigenvalue weighted by atomic mass is 19.1. The van der Waals surface area contributed by atoms with Gasteiger partial charge in [-0.25, -0.2) is 9.07 Å². The van der Waals surface area contributed by atoms with Crippen molar-refractivity contribution >= 4 is 12.4 Å². The van der Waals surface area contributed by atoms with Crippen molar-refractivity contribution in [3.63, 3.8) is 0 Å². The van der Waals surface area contributed by atoms with Crippen molar-refractivity contribution in [2.75, 3.05) is 6.54 Å². The molecule has 0 unspecified atom stereocenters. The Morgan fingerprint density at radius 3 is 2.83 bits per heavy atom. The van der Waals surface area contributed by atoms with E-state index < -0.39 is 0 Å². The van der Waals surface area contributed by atoms with Crippen LogP contribution in [0.3, 0.4) is 0 Å². The van der Waals surface area contributed by atoms with Gasteiger partial charge in [-0.15, -0.1) is 5.10 Å². The Morgan fingerprint density at radius 2 is 2.10 bits per heavy atom. The first-order chi connectivity index (χ1) is 14.6. The highest BCUT2D eigenvalue weighted by Gasteiger charge is 2.25. The molecular weight excluding hydrogens is 393 g/mol. The van der Waals surface area contributed by atoms with Crippen LogP contribution in [0.15, 0.2) is 48.8 Å². The summed E-state index contributed by atoms with van der Waals surface area (Å²) in [4.78, 5) is 26.7. The lowest BCUT2D eigenvalue weighted by molar-refractivity contribution is -0.132. The molecule has 0 fully saturated rings. The minimum atomic E-state index is -0.337. The van der Waals surface area contributed by atoms with Gasteiger partial charge in [0.1, 0.15) is 23.9 Å². The second-order valence-corrected chi connectivity index (χ2v) is 6.41. The molecule has 0 radical (unpaired) electrons. The molecule has 9 nitrogen and oxygen atoms in total. The fourth-order valence-electron chi connectivity index (χ4n) is 3.04. The number of fused-ring (bicyclic) bond motifs is 1. The SMILES string of the molecule is O=C(Cc1cccc(F)c1)N1CCn2nnc(COc3cccnc3)c2C1.O=CO. The molecule has 10 heteroatoms. The van der Waals surface area contributed by atoms with Crippen LogP contribution in [0.5, 0.6) is 5.75 Å². The van der Waals surface area contributed by atoms with Gasteiger partial charge in [0.25, 0.3) is 6.47 Å². The van der Waals surface area contributed by atoms with Crippen molar-refractivity contribution < 1.29 is 23.8 Å². The van der Waals surface area contributed by atoms with Crippen LogP contribution < -0.4 is 4.74 Å². The van der Waals surface area contributed by atoms with E-state index in [4.69, 9.17) is 14.6 Å². The summed E-state index contributed by atoms with van der Waals surface area (Å²) in [6, 6.07) is 9.74. The normalized spacial score (nSPS) is 12.4. The highest BCUT2D eigenvalue weighted by molar-refractivity contribution is 5.78. The Morgan fingerprint density at radius 1 is 1.27 bits per heavy atom. The van der Waals surface area contributed by atoms with Crippen molar-refractivity contribution in [1.82, 2.24) is 24.9 Å². The first kappa shape index (κ1) is 20.9. The molecule has 4 rings (SSSR count). The summed E-state index contributed by atoms with van der Waals surface area (Å²) in [5, 5.41) is 15.2. The zero-order valence-corrected chi connectivity index (χ0v) is 16.0. The first-order valence-corrected chi connectivity index (χ1v) is 9.15. The van der Waals surface area contributed by atoms with Crippen molar-refractivity contribution in [1.29, 1.82) is 0 Å². The molecule has 3 aromatic rings. The fraction of sp³-hybridized carbons (Fsp3) is 0.250. The third-order valence-corrected chi connectivity index (χ3v) is 4.45. The first-order valence-electron chi connectivity index (χ1n) is 9.15. The molecular formula is C20H20FN5O4. The minimum Gasteiger partial charge on any atom is -0.486 e. The quantitative estimate of drug-likeness (QED) is 0.634. The molecule has 3 heterocycles. The standard InChI is InChI=1S/C19H18FN5O2.CH2O2/c20-15-4-1-3-14(9-15)10-19(26)24-7-8-25-18(12-24)17(22-23-25)13-27-16-5-2-6-21-11-16;2-1-3/h1-6,9,11H,7-8,10,12-13H2;1H,(H,2,3). The topological polar surface area (TPSA) is 110 Å². The number of carboxylic acid groups (broad SMARTS) is 1. The molecule has 0 saturated carbocycles. The molecule has 30 heavy (non-hydrogen) atoms. The van der Waals surface area contributed by atoms with E-state index in [-0.39, 0.29) is 31.2 Å². The second-order valence-electron chi connectivity index (χ2n) is 6.41. The van der Waals surface area contributed by atoms with E-state index in [0.717, 1.165) is 5.69 Å². The number of rotatable bonds is 5. The predicted octanol–water partition coefficient (Wildman–Crippen LogP) is 1.68. The van der Waals surface area contributed by atoms with E-state index >= 15 is 0 Å². The van der Waals surface area contributed by atoms with E-state index in [0.29, 0.717) is 36.6 Å². The predicted molar refractivity (Wildman–Crippen MR) is 103 cm³/mol. The summed E-state index contributed by atoms with van der Waals surface area (Å²) in [5.41, 5.74) is 2.22. The van der Waals surface area contributed by atoms with Gasteiger partial charge in [0, 0.05) is 12.7 Å². The number of aromatic nitrogens is 4. The van der Waals surface area contributed by atoms with Gasteiger partial charge in [-0.3, -0.25) is 14.6 Å². The molecule has 0 aliphatic carbocycles. The molecule has 0 saturated heterocycles. The Hall–Kier alpha value is -3.82. The summed E-state index contributed by atoms with van der Waals surface area (Å²) >= 11 is 0. The average Bonchev–Trinajstić information content (AvgIpc) is 3.16. The zero-order chi connectivity index (χ0) is 21.3. The summed E-state index contributed by atoms with van der Waals surface area (Å²) in [7, 11) is 0. The van der Waals surface area contributed by atoms with Crippen LogP contribution in [0.2, 0.25) is 0 Å². The Kier molecular flexibility index (Phi) is 7.04. The second kappa shape index (κ2) is 10.1. The van der Waals surface area contributed by atoms with Crippen molar-refractivity contribution in [3.8, 4) is 5.75 Å². The maximum atomic E-state index is 13.3. The molecule has 1 aliphatic heterocycles. The molecule has 1 aliphatic rings. The maximum Gasteiger partial charge on any atom is 0.290 e. The number of carbonyl (C=O) groups excluding carboxylic acids is 1. The van der Waals surface area contributed by atoms with Crippen LogP contribution in [0.25, 0.3) is 0 Å². The highest BCUT2D eigenvalue weighted by Crippen LogP contribution is 2.18. The van der Waals surface area contributed by atoms with E-state index in [9.17, 15) is 9.18 Å². The molecule has 1 amide bonds. The fourth-order valence-corrected chi connectivity index (χ4v) is 3.04. The van der Waals surface area contributed by atoms with Gasteiger partial charge in [0.15, 0.2) is 0 Å². The van der Waals surface area contributed by atoms with Gasteiger partial charge >= 0.3 is 0 Å². The van der Waals surface area contributed by atoms with Gasteiger partial charge in [-0.1, -0.05) is 17.3 Å². The summed E-state index contributed by atoms with van der Waals surface area (Å²) in [6.45, 7) is 1.54. The van der Waals surface area contributed by atoms with Gasteiger partial charge in [-0.2, -0.15) is 0 Å². The van der Waals surface area contributed by atoms with Crippen molar-refractivity contribution in [2.45, 2.75) is 26.1 Å². The largest absolute Gasteiger partial charge is 0.486 e. The van der Waals surface area contributed by atoms with Gasteiger partial charge in [0.05, 0.1) is 31.4 Å². The number of nitrogens with zero attached hydrogens (tertiary/aromatic N) is 5. The van der Waals surface area contributed by atoms with Crippen LogP contribution in [-0.2, 0) is 35.7 Å². The smallest absolute Gasteiger partial charge is 0.290 e. The summed E-state index contributed by atoms with van der Waals surface area (Å²) in [6.07, 6.45) is 3.47. The van der Waals surface area contributed by atoms with E-state index in [1.54, 1.807) is 40.2 Å². The molecule has 1 N–H and O–H groups in total. The molecule has 0 atom stereocenters. The molecule has 1 aromatic carbocycles. The van der Waals surface area contributed by atoms with E-state index in [1.807, 2.05) is 6.07 Å². The zero-order valence-electron chi connectivity index (χ0n) is 16.0. The number of hydrogen-bond donors (Lipinski definition) is 1. The monoisotopic (exact) mass is 413 g/mol. The third kappa shape index (κ3) is 5.37. The Labute approximate surface area is 171 Å². The van der Waals surface area contributed by atoms with E-state index in [2.05, 4.69) is 15.3 Å². The van der Waals surface area contributed by atoms with Gasteiger partial charge in [-0.05, 0) is 29.8 Å². The van der Waals surface area contributed by atoms with Crippen LogP contribution in [-0.4, -0.2) is 48.9 Å². The van der Waals surface area contributed by atoms with Crippen molar-refractivity contribution in [3.05, 3.63) is 71.6 Å². The lowest BCUT2D eigenvalue weighted by atomic mass is 10.1. The Balaban J connectivity index is 0.000000806. The Bertz CT molecular complexity index is 996. The van der Waals surface area contributed by atoms with Gasteiger partial charge < -0.3 is 14.7 Å². The summed E-state index contributed by atoms with van der Waals surface area (Å²) < 4.78 is 20.8. The number of ether oxygens (including phenoxy) is 1. The lowest BCUT2D eigenvalue weighted by Crippen LogP contribution is -2.39. The number of carbonyl (C=O) groups is 2. The van der Waals surface area contributed by atoms with Crippen molar-refractivity contribution in [2.24, 2.45) is 0 Å². The number of hydrogen-bond acceptors (Lipinski definition) is 6. The van der Waals surface area contributed by atoms with Crippen LogP contribution >= 0.6 is 0 Å². The molecule has 0 spiro atoms. The lowest BCUT2D eigenvalue weighted by Gasteiger charge is -2.28. The van der Waals surface area contributed by atoms with E-state index in [1.165, 1.54) is 12.1 Å². The van der Waals surface area contributed by atoms with Crippen LogP contribution in [0.1, 0.15) is 17.0 Å². The summed E-state index contributed by atoms with van der Waals surface area (Å²) in [5.74, 6) is 0.261. The molecule has 156 valence electrons. The van der Waals surface area contributed by atoms with Crippen LogP contribution in [0.4, 0.5) is 4.39 Å². The van der Waals surface area contributed by atoms with Gasteiger partial charge in [0.2, 0.25) is 5.91 Å². The number of halogens is 1. The number of pyridine rings is 1. The average molecular weight is 413 g/mol.